The zero-order valence-electron chi connectivity index (χ0n) is 23.1. The third kappa shape index (κ3) is 6.32. The number of thiazole rings is 1. The van der Waals surface area contributed by atoms with Gasteiger partial charge in [0.2, 0.25) is 11.8 Å². The van der Waals surface area contributed by atoms with Crippen LogP contribution in [0.3, 0.4) is 0 Å². The molecule has 11 nitrogen and oxygen atoms in total. The first-order valence-corrected chi connectivity index (χ1v) is 14.2. The number of nitrogens with one attached hydrogen (secondary N) is 2. The number of benzene rings is 2. The van der Waals surface area contributed by atoms with Crippen molar-refractivity contribution in [2.24, 2.45) is 5.92 Å². The first kappa shape index (κ1) is 28.1. The summed E-state index contributed by atoms with van der Waals surface area (Å²) in [5.74, 6) is 0.477. The summed E-state index contributed by atoms with van der Waals surface area (Å²) in [5.41, 5.74) is 3.65. The molecule has 4 aromatic rings. The van der Waals surface area contributed by atoms with Crippen molar-refractivity contribution < 1.29 is 23.9 Å². The maximum atomic E-state index is 13.6. The van der Waals surface area contributed by atoms with Gasteiger partial charge in [-0.25, -0.2) is 9.97 Å². The molecule has 3 amide bonds. The van der Waals surface area contributed by atoms with Gasteiger partial charge in [-0.2, -0.15) is 0 Å². The van der Waals surface area contributed by atoms with Gasteiger partial charge < -0.3 is 29.6 Å². The molecular weight excluding hydrogens is 544 g/mol. The number of carbonyl (C=O) groups excluding carboxylic acids is 3. The number of hydrogen-bond acceptors (Lipinski definition) is 8. The summed E-state index contributed by atoms with van der Waals surface area (Å²) in [5, 5.41) is 5.75. The van der Waals surface area contributed by atoms with E-state index in [0.29, 0.717) is 41.5 Å². The number of aromatic nitrogens is 3. The summed E-state index contributed by atoms with van der Waals surface area (Å²) in [7, 11) is 1.56. The largest absolute Gasteiger partial charge is 0.493 e. The molecule has 3 heterocycles. The van der Waals surface area contributed by atoms with Crippen LogP contribution in [0.5, 0.6) is 11.5 Å². The molecule has 1 atom stereocenters. The van der Waals surface area contributed by atoms with E-state index in [1.165, 1.54) is 16.2 Å². The van der Waals surface area contributed by atoms with Gasteiger partial charge in [0.1, 0.15) is 18.5 Å². The van der Waals surface area contributed by atoms with Crippen LogP contribution in [-0.4, -0.2) is 76.5 Å². The van der Waals surface area contributed by atoms with E-state index in [9.17, 15) is 14.4 Å². The van der Waals surface area contributed by atoms with Gasteiger partial charge in [-0.1, -0.05) is 13.8 Å². The van der Waals surface area contributed by atoms with Crippen molar-refractivity contribution in [2.45, 2.75) is 26.4 Å². The Morgan fingerprint density at radius 3 is 2.80 bits per heavy atom. The zero-order chi connectivity index (χ0) is 28.9. The Morgan fingerprint density at radius 1 is 1.15 bits per heavy atom. The van der Waals surface area contributed by atoms with E-state index >= 15 is 0 Å². The summed E-state index contributed by atoms with van der Waals surface area (Å²) >= 11 is 1.49. The Labute approximate surface area is 241 Å². The zero-order valence-corrected chi connectivity index (χ0v) is 23.9. The maximum absolute atomic E-state index is 13.6. The van der Waals surface area contributed by atoms with E-state index in [-0.39, 0.29) is 37.4 Å². The molecule has 1 aliphatic heterocycles. The monoisotopic (exact) mass is 576 g/mol. The van der Waals surface area contributed by atoms with E-state index in [1.54, 1.807) is 37.0 Å². The molecule has 2 bridgehead atoms. The fourth-order valence-electron chi connectivity index (χ4n) is 4.71. The van der Waals surface area contributed by atoms with E-state index in [1.807, 2.05) is 42.8 Å². The fourth-order valence-corrected chi connectivity index (χ4v) is 5.37. The van der Waals surface area contributed by atoms with Crippen LogP contribution in [-0.2, 0) is 16.1 Å². The van der Waals surface area contributed by atoms with Gasteiger partial charge in [-0.05, 0) is 42.3 Å². The van der Waals surface area contributed by atoms with Crippen molar-refractivity contribution >= 4 is 39.3 Å². The van der Waals surface area contributed by atoms with Gasteiger partial charge in [-0.3, -0.25) is 14.4 Å². The number of ether oxygens (including phenoxy) is 2. The predicted molar refractivity (Wildman–Crippen MR) is 155 cm³/mol. The van der Waals surface area contributed by atoms with Gasteiger partial charge in [0.05, 0.1) is 35.9 Å². The molecule has 0 spiro atoms. The van der Waals surface area contributed by atoms with Gasteiger partial charge in [-0.15, -0.1) is 11.3 Å². The topological polar surface area (TPSA) is 128 Å². The highest BCUT2D eigenvalue weighted by Crippen LogP contribution is 2.32. The lowest BCUT2D eigenvalue weighted by molar-refractivity contribution is -0.130. The molecule has 0 saturated heterocycles. The van der Waals surface area contributed by atoms with Crippen molar-refractivity contribution in [3.8, 4) is 22.9 Å². The minimum atomic E-state index is -0.765. The fraction of sp³-hybridized carbons (Fsp3) is 0.345. The van der Waals surface area contributed by atoms with Crippen LogP contribution in [0.1, 0.15) is 24.2 Å². The van der Waals surface area contributed by atoms with Crippen molar-refractivity contribution in [3.05, 3.63) is 59.9 Å². The average Bonchev–Trinajstić information content (AvgIpc) is 3.63. The van der Waals surface area contributed by atoms with Crippen LogP contribution in [0.25, 0.3) is 21.6 Å². The lowest BCUT2D eigenvalue weighted by Crippen LogP contribution is -2.53. The minimum Gasteiger partial charge on any atom is -0.493 e. The molecule has 2 aromatic carbocycles. The first-order valence-electron chi connectivity index (χ1n) is 13.4. The molecule has 0 unspecified atom stereocenters. The van der Waals surface area contributed by atoms with Crippen molar-refractivity contribution in [3.63, 3.8) is 0 Å². The molecule has 0 fully saturated rings. The Kier molecular flexibility index (Phi) is 8.48. The Bertz CT molecular complexity index is 1560. The minimum absolute atomic E-state index is 0.0975. The van der Waals surface area contributed by atoms with Gasteiger partial charge >= 0.3 is 0 Å². The molecule has 2 N–H and O–H groups in total. The van der Waals surface area contributed by atoms with Gasteiger partial charge in [0.25, 0.3) is 5.91 Å². The lowest BCUT2D eigenvalue weighted by atomic mass is 10.0. The van der Waals surface area contributed by atoms with Crippen molar-refractivity contribution in [1.82, 2.24) is 30.1 Å². The Balaban J connectivity index is 1.47. The van der Waals surface area contributed by atoms with Crippen LogP contribution in [0.15, 0.2) is 54.3 Å². The number of fused-ring (bicyclic) bond motifs is 5. The second kappa shape index (κ2) is 12.4. The molecule has 1 aliphatic rings. The van der Waals surface area contributed by atoms with Crippen LogP contribution >= 0.6 is 11.3 Å². The number of methoxy groups -OCH3 is 1. The molecule has 0 radical (unpaired) electrons. The first-order chi connectivity index (χ1) is 19.8. The molecule has 2 aromatic heterocycles. The number of rotatable bonds is 3. The SMILES string of the molecule is COc1ccc2cc1OCCN(C(=O)c1ccc3scnc3c1)CC(=O)N[C@H](C(C)C)C(=O)NCCn1ccnc1-2. The van der Waals surface area contributed by atoms with Gasteiger partial charge in [0.15, 0.2) is 11.5 Å². The quantitative estimate of drug-likeness (QED) is 0.384. The molecule has 214 valence electrons. The van der Waals surface area contributed by atoms with Gasteiger partial charge in [0, 0.05) is 36.6 Å². The number of amides is 3. The van der Waals surface area contributed by atoms with E-state index in [4.69, 9.17) is 9.47 Å². The van der Waals surface area contributed by atoms with E-state index in [0.717, 1.165) is 10.3 Å². The third-order valence-corrected chi connectivity index (χ3v) is 7.68. The molecule has 0 saturated carbocycles. The maximum Gasteiger partial charge on any atom is 0.254 e. The number of carbonyl (C=O) groups is 3. The van der Waals surface area contributed by atoms with Crippen molar-refractivity contribution in [2.75, 3.05) is 33.4 Å². The summed E-state index contributed by atoms with van der Waals surface area (Å²) < 4.78 is 14.5. The van der Waals surface area contributed by atoms with Crippen molar-refractivity contribution in [1.29, 1.82) is 0 Å². The Hall–Kier alpha value is -4.45. The van der Waals surface area contributed by atoms with Crippen LogP contribution < -0.4 is 20.1 Å². The van der Waals surface area contributed by atoms with E-state index in [2.05, 4.69) is 20.6 Å². The Morgan fingerprint density at radius 2 is 2.00 bits per heavy atom. The summed E-state index contributed by atoms with van der Waals surface area (Å²) in [6.45, 7) is 4.50. The van der Waals surface area contributed by atoms with Crippen LogP contribution in [0, 0.1) is 5.92 Å². The molecule has 41 heavy (non-hydrogen) atoms. The van der Waals surface area contributed by atoms with Crippen LogP contribution in [0.4, 0.5) is 0 Å². The van der Waals surface area contributed by atoms with E-state index < -0.39 is 11.9 Å². The molecule has 12 heteroatoms. The second-order valence-electron chi connectivity index (χ2n) is 10.0. The highest BCUT2D eigenvalue weighted by atomic mass is 32.1. The third-order valence-electron chi connectivity index (χ3n) is 6.87. The summed E-state index contributed by atoms with van der Waals surface area (Å²) in [4.78, 5) is 50.2. The standard InChI is InChI=1S/C29H32N6O5S/c1-18(2)26-28(37)31-9-11-34-10-8-30-27(34)19-4-6-22(39-3)23(15-19)40-13-12-35(16-25(36)33-26)29(38)20-5-7-24-21(14-20)32-17-41-24/h4-8,10,14-15,17-18,26H,9,11-13,16H2,1-3H3,(H,31,37)(H,33,36)/t26-/m1/s1. The summed E-state index contributed by atoms with van der Waals surface area (Å²) in [6.07, 6.45) is 3.54. The molecule has 0 aliphatic carbocycles. The highest BCUT2D eigenvalue weighted by molar-refractivity contribution is 7.16. The number of imidazole rings is 1. The average molecular weight is 577 g/mol. The number of nitrogens with zero attached hydrogens (tertiary/aromatic N) is 4. The summed E-state index contributed by atoms with van der Waals surface area (Å²) in [6, 6.07) is 10.0. The van der Waals surface area contributed by atoms with Crippen LogP contribution in [0.2, 0.25) is 0 Å². The predicted octanol–water partition coefficient (Wildman–Crippen LogP) is 2.96. The lowest BCUT2D eigenvalue weighted by Gasteiger charge is -2.26. The normalized spacial score (nSPS) is 16.9. The molecular formula is C29H32N6O5S. The smallest absolute Gasteiger partial charge is 0.254 e. The highest BCUT2D eigenvalue weighted by Gasteiger charge is 2.27. The second-order valence-corrected chi connectivity index (χ2v) is 10.9. The number of hydrogen-bond donors (Lipinski definition) is 2. The molecule has 5 rings (SSSR count).